The molecule has 0 rings (SSSR count). The molecule has 0 fully saturated rings. The summed E-state index contributed by atoms with van der Waals surface area (Å²) < 4.78 is 5.13. The van der Waals surface area contributed by atoms with Gasteiger partial charge < -0.3 is 15.4 Å². The van der Waals surface area contributed by atoms with E-state index in [2.05, 4.69) is 10.6 Å². The van der Waals surface area contributed by atoms with Crippen LogP contribution in [0.15, 0.2) is 0 Å². The molecule has 0 heterocycles. The monoisotopic (exact) mass is 188 g/mol. The molecule has 1 amide bonds. The van der Waals surface area contributed by atoms with E-state index in [0.717, 1.165) is 26.2 Å². The minimum Gasteiger partial charge on any atom is -0.382 e. The first kappa shape index (κ1) is 12.4. The maximum absolute atomic E-state index is 11.0. The predicted molar refractivity (Wildman–Crippen MR) is 52.7 cm³/mol. The summed E-state index contributed by atoms with van der Waals surface area (Å²) in [6, 6.07) is 0. The fourth-order valence-corrected chi connectivity index (χ4v) is 0.873. The van der Waals surface area contributed by atoms with Crippen LogP contribution in [0.3, 0.4) is 0 Å². The number of carbonyl (C=O) groups is 1. The number of ether oxygens (including phenoxy) is 1. The van der Waals surface area contributed by atoms with Crippen molar-refractivity contribution in [3.8, 4) is 0 Å². The Morgan fingerprint density at radius 3 is 2.77 bits per heavy atom. The lowest BCUT2D eigenvalue weighted by Crippen LogP contribution is -2.27. The molecule has 0 spiro atoms. The van der Waals surface area contributed by atoms with Crippen molar-refractivity contribution in [3.63, 3.8) is 0 Å². The number of hydrogen-bond acceptors (Lipinski definition) is 3. The maximum atomic E-state index is 11.0. The fraction of sp³-hybridized carbons (Fsp3) is 0.889. The van der Waals surface area contributed by atoms with Crippen LogP contribution in [0.1, 0.15) is 19.8 Å². The normalized spacial score (nSPS) is 10.0. The second-order valence-corrected chi connectivity index (χ2v) is 2.75. The van der Waals surface area contributed by atoms with E-state index in [1.807, 2.05) is 14.0 Å². The molecule has 4 heteroatoms. The van der Waals surface area contributed by atoms with Crippen molar-refractivity contribution in [2.24, 2.45) is 0 Å². The molecule has 0 unspecified atom stereocenters. The first-order chi connectivity index (χ1) is 6.31. The molecular weight excluding hydrogens is 168 g/mol. The molecule has 0 aliphatic heterocycles. The van der Waals surface area contributed by atoms with Crippen molar-refractivity contribution in [1.82, 2.24) is 10.6 Å². The van der Waals surface area contributed by atoms with Crippen LogP contribution in [0.5, 0.6) is 0 Å². The Hall–Kier alpha value is -0.610. The van der Waals surface area contributed by atoms with Crippen molar-refractivity contribution in [1.29, 1.82) is 0 Å². The fourth-order valence-electron chi connectivity index (χ4n) is 0.873. The highest BCUT2D eigenvalue weighted by Crippen LogP contribution is 1.82. The highest BCUT2D eigenvalue weighted by Gasteiger charge is 1.97. The predicted octanol–water partition coefficient (Wildman–Crippen LogP) is 0.139. The van der Waals surface area contributed by atoms with Crippen LogP contribution in [-0.4, -0.2) is 39.3 Å². The third kappa shape index (κ3) is 9.30. The zero-order chi connectivity index (χ0) is 9.94. The second kappa shape index (κ2) is 9.48. The summed E-state index contributed by atoms with van der Waals surface area (Å²) in [5, 5.41) is 5.74. The smallest absolute Gasteiger partial charge is 0.221 e. The number of nitrogens with one attached hydrogen (secondary N) is 2. The van der Waals surface area contributed by atoms with E-state index in [-0.39, 0.29) is 5.91 Å². The topological polar surface area (TPSA) is 50.4 Å². The molecule has 78 valence electrons. The van der Waals surface area contributed by atoms with Gasteiger partial charge >= 0.3 is 0 Å². The SMILES string of the molecule is CCOCCCNC(=O)CCNC. The molecule has 0 saturated carbocycles. The summed E-state index contributed by atoms with van der Waals surface area (Å²) in [6.07, 6.45) is 1.43. The molecule has 0 aromatic heterocycles. The van der Waals surface area contributed by atoms with E-state index in [1.54, 1.807) is 0 Å². The van der Waals surface area contributed by atoms with Crippen LogP contribution in [-0.2, 0) is 9.53 Å². The van der Waals surface area contributed by atoms with Gasteiger partial charge in [-0.15, -0.1) is 0 Å². The Labute approximate surface area is 80.0 Å². The lowest BCUT2D eigenvalue weighted by Gasteiger charge is -2.04. The minimum absolute atomic E-state index is 0.103. The van der Waals surface area contributed by atoms with Gasteiger partial charge in [-0.2, -0.15) is 0 Å². The Balaban J connectivity index is 3.08. The quantitative estimate of drug-likeness (QED) is 0.533. The average molecular weight is 188 g/mol. The molecule has 0 aromatic rings. The lowest BCUT2D eigenvalue weighted by molar-refractivity contribution is -0.121. The highest BCUT2D eigenvalue weighted by molar-refractivity contribution is 5.75. The third-order valence-corrected chi connectivity index (χ3v) is 1.59. The first-order valence-corrected chi connectivity index (χ1v) is 4.80. The van der Waals surface area contributed by atoms with Crippen molar-refractivity contribution >= 4 is 5.91 Å². The van der Waals surface area contributed by atoms with Gasteiger partial charge in [-0.05, 0) is 20.4 Å². The molecule has 0 bridgehead atoms. The van der Waals surface area contributed by atoms with Crippen LogP contribution in [0, 0.1) is 0 Å². The lowest BCUT2D eigenvalue weighted by atomic mass is 10.3. The Morgan fingerprint density at radius 2 is 2.15 bits per heavy atom. The number of amides is 1. The zero-order valence-electron chi connectivity index (χ0n) is 8.56. The Bertz CT molecular complexity index is 129. The summed E-state index contributed by atoms with van der Waals surface area (Å²) >= 11 is 0. The maximum Gasteiger partial charge on any atom is 0.221 e. The molecule has 4 nitrogen and oxygen atoms in total. The molecule has 13 heavy (non-hydrogen) atoms. The second-order valence-electron chi connectivity index (χ2n) is 2.75. The van der Waals surface area contributed by atoms with Gasteiger partial charge in [0, 0.05) is 32.7 Å². The Kier molecular flexibility index (Phi) is 9.03. The summed E-state index contributed by atoms with van der Waals surface area (Å²) in [5.74, 6) is 0.103. The zero-order valence-corrected chi connectivity index (χ0v) is 8.56. The van der Waals surface area contributed by atoms with Crippen LogP contribution in [0.25, 0.3) is 0 Å². The molecule has 2 N–H and O–H groups in total. The van der Waals surface area contributed by atoms with E-state index in [1.165, 1.54) is 0 Å². The van der Waals surface area contributed by atoms with E-state index < -0.39 is 0 Å². The van der Waals surface area contributed by atoms with Gasteiger partial charge in [-0.1, -0.05) is 0 Å². The standard InChI is InChI=1S/C9H20N2O2/c1-3-13-8-4-6-11-9(12)5-7-10-2/h10H,3-8H2,1-2H3,(H,11,12). The minimum atomic E-state index is 0.103. The van der Waals surface area contributed by atoms with Gasteiger partial charge in [-0.3, -0.25) is 4.79 Å². The average Bonchev–Trinajstić information content (AvgIpc) is 2.14. The van der Waals surface area contributed by atoms with Crippen molar-refractivity contribution in [2.45, 2.75) is 19.8 Å². The van der Waals surface area contributed by atoms with E-state index >= 15 is 0 Å². The van der Waals surface area contributed by atoms with Crippen molar-refractivity contribution in [3.05, 3.63) is 0 Å². The summed E-state index contributed by atoms with van der Waals surface area (Å²) in [7, 11) is 1.84. The molecule has 0 aliphatic carbocycles. The molecule has 0 aliphatic rings. The van der Waals surface area contributed by atoms with Gasteiger partial charge in [0.2, 0.25) is 5.91 Å². The van der Waals surface area contributed by atoms with Gasteiger partial charge in [0.05, 0.1) is 0 Å². The largest absolute Gasteiger partial charge is 0.382 e. The van der Waals surface area contributed by atoms with E-state index in [4.69, 9.17) is 4.74 Å². The van der Waals surface area contributed by atoms with Crippen LogP contribution in [0.2, 0.25) is 0 Å². The van der Waals surface area contributed by atoms with Crippen molar-refractivity contribution < 1.29 is 9.53 Å². The van der Waals surface area contributed by atoms with E-state index in [9.17, 15) is 4.79 Å². The van der Waals surface area contributed by atoms with E-state index in [0.29, 0.717) is 13.0 Å². The van der Waals surface area contributed by atoms with Gasteiger partial charge in [0.25, 0.3) is 0 Å². The molecule has 0 atom stereocenters. The van der Waals surface area contributed by atoms with Crippen LogP contribution < -0.4 is 10.6 Å². The van der Waals surface area contributed by atoms with Crippen LogP contribution in [0.4, 0.5) is 0 Å². The van der Waals surface area contributed by atoms with Gasteiger partial charge in [0.1, 0.15) is 0 Å². The summed E-state index contributed by atoms with van der Waals surface area (Å²) in [5.41, 5.74) is 0. The van der Waals surface area contributed by atoms with Crippen molar-refractivity contribution in [2.75, 3.05) is 33.4 Å². The molecule has 0 aromatic carbocycles. The number of carbonyl (C=O) groups excluding carboxylic acids is 1. The number of hydrogen-bond donors (Lipinski definition) is 2. The van der Waals surface area contributed by atoms with Crippen LogP contribution >= 0.6 is 0 Å². The molecule has 0 radical (unpaired) electrons. The van der Waals surface area contributed by atoms with Gasteiger partial charge in [0.15, 0.2) is 0 Å². The molecular formula is C9H20N2O2. The summed E-state index contributed by atoms with van der Waals surface area (Å²) in [4.78, 5) is 11.0. The summed E-state index contributed by atoms with van der Waals surface area (Å²) in [6.45, 7) is 4.88. The highest BCUT2D eigenvalue weighted by atomic mass is 16.5. The van der Waals surface area contributed by atoms with Gasteiger partial charge in [-0.25, -0.2) is 0 Å². The number of rotatable bonds is 8. The first-order valence-electron chi connectivity index (χ1n) is 4.80. The molecule has 0 saturated heterocycles. The Morgan fingerprint density at radius 1 is 1.38 bits per heavy atom. The third-order valence-electron chi connectivity index (χ3n) is 1.59.